The number of aromatic amines is 1. The molecular formula is C10H12ClFN2O2S. The first kappa shape index (κ1) is 12.7. The Hall–Kier alpha value is -0.750. The van der Waals surface area contributed by atoms with Crippen LogP contribution in [0.25, 0.3) is 0 Å². The van der Waals surface area contributed by atoms with Gasteiger partial charge in [0, 0.05) is 11.3 Å². The zero-order valence-electron chi connectivity index (χ0n) is 9.20. The molecule has 1 aromatic rings. The van der Waals surface area contributed by atoms with Crippen LogP contribution in [0.2, 0.25) is 5.15 Å². The number of hydrogen-bond acceptors (Lipinski definition) is 3. The minimum atomic E-state index is -1.08. The number of hydrogen-bond donors (Lipinski definition) is 1. The van der Waals surface area contributed by atoms with Gasteiger partial charge in [0.25, 0.3) is 5.56 Å². The quantitative estimate of drug-likeness (QED) is 0.839. The van der Waals surface area contributed by atoms with Gasteiger partial charge in [-0.1, -0.05) is 11.6 Å². The lowest BCUT2D eigenvalue weighted by atomic mass is 10.2. The van der Waals surface area contributed by atoms with Gasteiger partial charge < -0.3 is 0 Å². The second-order valence-corrected chi connectivity index (χ2v) is 5.57. The fourth-order valence-corrected chi connectivity index (χ4v) is 3.15. The van der Waals surface area contributed by atoms with Gasteiger partial charge in [0.05, 0.1) is 0 Å². The molecule has 0 radical (unpaired) electrons. The van der Waals surface area contributed by atoms with Crippen LogP contribution in [0, 0.1) is 5.82 Å². The summed E-state index contributed by atoms with van der Waals surface area (Å²) in [7, 11) is 0. The second-order valence-electron chi connectivity index (χ2n) is 4.06. The molecule has 2 atom stereocenters. The van der Waals surface area contributed by atoms with Crippen LogP contribution in [0.15, 0.2) is 9.59 Å². The van der Waals surface area contributed by atoms with E-state index in [1.807, 2.05) is 6.26 Å². The minimum Gasteiger partial charge on any atom is -0.295 e. The number of aromatic nitrogens is 2. The van der Waals surface area contributed by atoms with E-state index in [-0.39, 0.29) is 6.04 Å². The molecule has 0 aromatic carbocycles. The van der Waals surface area contributed by atoms with Crippen LogP contribution in [0.3, 0.4) is 0 Å². The first-order valence-electron chi connectivity index (χ1n) is 5.27. The molecule has 4 nitrogen and oxygen atoms in total. The topological polar surface area (TPSA) is 54.9 Å². The number of nitrogens with one attached hydrogen (secondary N) is 1. The largest absolute Gasteiger partial charge is 0.329 e. The first-order chi connectivity index (χ1) is 8.04. The minimum absolute atomic E-state index is 0.226. The zero-order valence-corrected chi connectivity index (χ0v) is 10.8. The van der Waals surface area contributed by atoms with E-state index in [2.05, 4.69) is 4.98 Å². The average Bonchev–Trinajstić information content (AvgIpc) is 2.74. The Kier molecular flexibility index (Phi) is 3.63. The van der Waals surface area contributed by atoms with Crippen molar-refractivity contribution in [3.63, 3.8) is 0 Å². The highest BCUT2D eigenvalue weighted by atomic mass is 35.5. The predicted octanol–water partition coefficient (Wildman–Crippen LogP) is 1.79. The Morgan fingerprint density at radius 1 is 1.47 bits per heavy atom. The molecule has 1 aliphatic carbocycles. The van der Waals surface area contributed by atoms with E-state index in [0.29, 0.717) is 11.7 Å². The van der Waals surface area contributed by atoms with Crippen molar-refractivity contribution in [2.45, 2.75) is 30.6 Å². The predicted molar refractivity (Wildman–Crippen MR) is 66.5 cm³/mol. The van der Waals surface area contributed by atoms with Crippen molar-refractivity contribution in [2.75, 3.05) is 6.26 Å². The van der Waals surface area contributed by atoms with Crippen molar-refractivity contribution < 1.29 is 4.39 Å². The molecule has 0 bridgehead atoms. The summed E-state index contributed by atoms with van der Waals surface area (Å²) in [5, 5.41) is -0.0966. The number of H-pyrrole nitrogens is 1. The molecule has 0 spiro atoms. The monoisotopic (exact) mass is 278 g/mol. The molecule has 1 N–H and O–H groups in total. The van der Waals surface area contributed by atoms with Crippen LogP contribution in [0.1, 0.15) is 25.3 Å². The summed E-state index contributed by atoms with van der Waals surface area (Å²) in [6, 6.07) is -0.226. The third-order valence-electron chi connectivity index (χ3n) is 3.09. The van der Waals surface area contributed by atoms with Gasteiger partial charge >= 0.3 is 5.69 Å². The first-order valence-corrected chi connectivity index (χ1v) is 6.93. The number of halogens is 2. The van der Waals surface area contributed by atoms with Crippen LogP contribution < -0.4 is 11.2 Å². The highest BCUT2D eigenvalue weighted by molar-refractivity contribution is 7.99. The maximum absolute atomic E-state index is 13.4. The highest BCUT2D eigenvalue weighted by Gasteiger charge is 2.28. The standard InChI is InChI=1S/C10H12ClFN2O2S/c1-17-6-3-2-5(4-6)14-9(15)7(12)8(11)13-10(14)16/h5-6H,2-4H2,1H3,(H,13,16). The molecule has 0 amide bonds. The van der Waals surface area contributed by atoms with Crippen molar-refractivity contribution in [3.8, 4) is 0 Å². The third-order valence-corrected chi connectivity index (χ3v) is 4.45. The van der Waals surface area contributed by atoms with Crippen molar-refractivity contribution in [2.24, 2.45) is 0 Å². The smallest absolute Gasteiger partial charge is 0.295 e. The summed E-state index contributed by atoms with van der Waals surface area (Å²) < 4.78 is 14.3. The zero-order chi connectivity index (χ0) is 12.6. The van der Waals surface area contributed by atoms with Gasteiger partial charge in [-0.2, -0.15) is 16.2 Å². The molecular weight excluding hydrogens is 267 g/mol. The van der Waals surface area contributed by atoms with E-state index in [4.69, 9.17) is 11.6 Å². The lowest BCUT2D eigenvalue weighted by molar-refractivity contribution is 0.452. The van der Waals surface area contributed by atoms with Crippen molar-refractivity contribution >= 4 is 23.4 Å². The summed E-state index contributed by atoms with van der Waals surface area (Å²) in [4.78, 5) is 25.5. The lowest BCUT2D eigenvalue weighted by Crippen LogP contribution is -2.39. The fourth-order valence-electron chi connectivity index (χ4n) is 2.20. The molecule has 7 heteroatoms. The molecule has 1 heterocycles. The normalized spacial score (nSPS) is 24.2. The molecule has 1 fully saturated rings. The summed E-state index contributed by atoms with van der Waals surface area (Å²) >= 11 is 7.11. The van der Waals surface area contributed by atoms with E-state index >= 15 is 0 Å². The molecule has 2 rings (SSSR count). The Morgan fingerprint density at radius 2 is 2.18 bits per heavy atom. The Labute approximate surface area is 106 Å². The molecule has 1 aliphatic rings. The maximum Gasteiger partial charge on any atom is 0.329 e. The molecule has 2 unspecified atom stereocenters. The molecule has 0 aliphatic heterocycles. The van der Waals surface area contributed by atoms with E-state index in [0.717, 1.165) is 17.4 Å². The Morgan fingerprint density at radius 3 is 2.76 bits per heavy atom. The van der Waals surface area contributed by atoms with Crippen LogP contribution in [-0.2, 0) is 0 Å². The molecule has 0 saturated heterocycles. The maximum atomic E-state index is 13.4. The van der Waals surface area contributed by atoms with Gasteiger partial charge in [0.15, 0.2) is 5.15 Å². The molecule has 1 saturated carbocycles. The van der Waals surface area contributed by atoms with Gasteiger partial charge in [0.1, 0.15) is 0 Å². The van der Waals surface area contributed by atoms with Crippen molar-refractivity contribution in [3.05, 3.63) is 31.8 Å². The fraction of sp³-hybridized carbons (Fsp3) is 0.600. The molecule has 17 heavy (non-hydrogen) atoms. The van der Waals surface area contributed by atoms with Gasteiger partial charge in [-0.25, -0.2) is 4.79 Å². The van der Waals surface area contributed by atoms with Crippen molar-refractivity contribution in [1.29, 1.82) is 0 Å². The van der Waals surface area contributed by atoms with E-state index in [1.165, 1.54) is 0 Å². The van der Waals surface area contributed by atoms with Gasteiger partial charge in [-0.05, 0) is 25.5 Å². The van der Waals surface area contributed by atoms with Gasteiger partial charge in [-0.3, -0.25) is 14.3 Å². The van der Waals surface area contributed by atoms with Crippen molar-refractivity contribution in [1.82, 2.24) is 9.55 Å². The SMILES string of the molecule is CSC1CCC(n2c(=O)[nH]c(Cl)c(F)c2=O)C1. The molecule has 94 valence electrons. The summed E-state index contributed by atoms with van der Waals surface area (Å²) in [5.41, 5.74) is -1.56. The van der Waals surface area contributed by atoms with E-state index < -0.39 is 22.2 Å². The summed E-state index contributed by atoms with van der Waals surface area (Å²) in [5.74, 6) is -1.08. The van der Waals surface area contributed by atoms with E-state index in [9.17, 15) is 14.0 Å². The van der Waals surface area contributed by atoms with Gasteiger partial charge in [0.2, 0.25) is 5.82 Å². The number of rotatable bonds is 2. The summed E-state index contributed by atoms with van der Waals surface area (Å²) in [6.45, 7) is 0. The Bertz CT molecular complexity index is 542. The highest BCUT2D eigenvalue weighted by Crippen LogP contribution is 2.34. The third kappa shape index (κ3) is 2.28. The average molecular weight is 279 g/mol. The molecule has 1 aromatic heterocycles. The summed E-state index contributed by atoms with van der Waals surface area (Å²) in [6.07, 6.45) is 4.35. The number of thioether (sulfide) groups is 1. The second kappa shape index (κ2) is 4.86. The van der Waals surface area contributed by atoms with E-state index in [1.54, 1.807) is 11.8 Å². The van der Waals surface area contributed by atoms with Crippen LogP contribution in [-0.4, -0.2) is 21.1 Å². The Balaban J connectivity index is 2.44. The van der Waals surface area contributed by atoms with Crippen LogP contribution >= 0.6 is 23.4 Å². The van der Waals surface area contributed by atoms with Crippen LogP contribution in [0.4, 0.5) is 4.39 Å². The lowest BCUT2D eigenvalue weighted by Gasteiger charge is -2.12. The van der Waals surface area contributed by atoms with Gasteiger partial charge in [-0.15, -0.1) is 0 Å². The van der Waals surface area contributed by atoms with Crippen LogP contribution in [0.5, 0.6) is 0 Å². The number of nitrogens with zero attached hydrogens (tertiary/aromatic N) is 1.